The maximum Gasteiger partial charge on any atom is 0.270 e. The quantitative estimate of drug-likeness (QED) is 0.367. The lowest BCUT2D eigenvalue weighted by Crippen LogP contribution is -2.41. The number of nitrogens with zero attached hydrogens (tertiary/aromatic N) is 4. The maximum atomic E-state index is 13.5. The molecule has 1 aromatic carbocycles. The van der Waals surface area contributed by atoms with Gasteiger partial charge in [0.05, 0.1) is 31.8 Å². The van der Waals surface area contributed by atoms with Crippen molar-refractivity contribution in [1.82, 2.24) is 9.47 Å². The highest BCUT2D eigenvalue weighted by molar-refractivity contribution is 8.26. The van der Waals surface area contributed by atoms with E-state index in [0.29, 0.717) is 59.7 Å². The molecule has 10 heteroatoms. The lowest BCUT2D eigenvalue weighted by molar-refractivity contribution is -0.122. The van der Waals surface area contributed by atoms with Crippen LogP contribution < -0.4 is 15.2 Å². The Hall–Kier alpha value is -3.13. The Morgan fingerprint density at radius 2 is 1.92 bits per heavy atom. The number of anilines is 1. The predicted molar refractivity (Wildman–Crippen MR) is 150 cm³/mol. The second-order valence-corrected chi connectivity index (χ2v) is 10.6. The molecule has 2 aliphatic rings. The zero-order valence-electron chi connectivity index (χ0n) is 21.3. The van der Waals surface area contributed by atoms with Crippen molar-refractivity contribution in [3.8, 4) is 11.8 Å². The van der Waals surface area contributed by atoms with Gasteiger partial charge in [-0.1, -0.05) is 49.5 Å². The molecule has 8 nitrogen and oxygen atoms in total. The van der Waals surface area contributed by atoms with Gasteiger partial charge in [0, 0.05) is 25.2 Å². The lowest BCUT2D eigenvalue weighted by atomic mass is 10.0. The van der Waals surface area contributed by atoms with Crippen LogP contribution in [-0.2, 0) is 22.6 Å². The van der Waals surface area contributed by atoms with Crippen molar-refractivity contribution in [2.45, 2.75) is 39.8 Å². The molecule has 0 radical (unpaired) electrons. The van der Waals surface area contributed by atoms with Crippen LogP contribution in [0.1, 0.15) is 42.0 Å². The van der Waals surface area contributed by atoms with Crippen molar-refractivity contribution in [1.29, 1.82) is 5.26 Å². The number of pyridine rings is 1. The summed E-state index contributed by atoms with van der Waals surface area (Å²) in [5, 5.41) is 9.85. The number of rotatable bonds is 8. The van der Waals surface area contributed by atoms with E-state index in [9.17, 15) is 14.9 Å². The van der Waals surface area contributed by atoms with E-state index >= 15 is 0 Å². The zero-order chi connectivity index (χ0) is 26.5. The molecule has 0 spiro atoms. The Morgan fingerprint density at radius 3 is 2.54 bits per heavy atom. The summed E-state index contributed by atoms with van der Waals surface area (Å²) in [5.41, 5.74) is 2.02. The van der Waals surface area contributed by atoms with Crippen LogP contribution in [0.15, 0.2) is 34.0 Å². The average molecular weight is 539 g/mol. The highest BCUT2D eigenvalue weighted by Gasteiger charge is 2.33. The van der Waals surface area contributed by atoms with E-state index in [4.69, 9.17) is 21.7 Å². The molecular formula is C27H30N4O4S2. The number of aromatic nitrogens is 1. The summed E-state index contributed by atoms with van der Waals surface area (Å²) in [4.78, 5) is 31.0. The first kappa shape index (κ1) is 26.9. The molecule has 0 atom stereocenters. The molecule has 0 saturated carbocycles. The third-order valence-electron chi connectivity index (χ3n) is 6.54. The molecule has 0 bridgehead atoms. The molecule has 4 rings (SSSR count). The number of thioether (sulfide) groups is 1. The van der Waals surface area contributed by atoms with Crippen molar-refractivity contribution in [2.24, 2.45) is 0 Å². The normalized spacial score (nSPS) is 17.0. The van der Waals surface area contributed by atoms with Crippen LogP contribution in [0.2, 0.25) is 0 Å². The second kappa shape index (κ2) is 11.9. The number of benzene rings is 1. The van der Waals surface area contributed by atoms with Crippen LogP contribution in [-0.4, -0.2) is 53.1 Å². The summed E-state index contributed by atoms with van der Waals surface area (Å²) in [5.74, 6) is 1.29. The average Bonchev–Trinajstić information content (AvgIpc) is 3.18. The molecule has 2 saturated heterocycles. The van der Waals surface area contributed by atoms with Gasteiger partial charge >= 0.3 is 0 Å². The first-order chi connectivity index (χ1) is 17.9. The first-order valence-corrected chi connectivity index (χ1v) is 13.5. The predicted octanol–water partition coefficient (Wildman–Crippen LogP) is 4.08. The number of hydrogen-bond donors (Lipinski definition) is 0. The zero-order valence-corrected chi connectivity index (χ0v) is 22.9. The van der Waals surface area contributed by atoms with Crippen LogP contribution in [0.3, 0.4) is 0 Å². The van der Waals surface area contributed by atoms with Crippen LogP contribution in [0, 0.1) is 18.3 Å². The minimum Gasteiger partial charge on any atom is -0.497 e. The topological polar surface area (TPSA) is 87.8 Å². The Labute approximate surface area is 226 Å². The molecule has 1 amide bonds. The summed E-state index contributed by atoms with van der Waals surface area (Å²) in [7, 11) is 1.61. The largest absolute Gasteiger partial charge is 0.497 e. The number of nitriles is 1. The van der Waals surface area contributed by atoms with Gasteiger partial charge in [0.2, 0.25) is 0 Å². The molecular weight excluding hydrogens is 508 g/mol. The molecule has 2 fully saturated rings. The monoisotopic (exact) mass is 538 g/mol. The standard InChI is InChI=1S/C27H30N4O4S2/c1-4-5-10-30-24(29-11-13-35-14-12-29)21(18(2)22(16-28)25(30)32)15-23-26(33)31(27(36)37-23)17-19-6-8-20(34-3)9-7-19/h6-9,15H,4-5,10-14,17H2,1-3H3. The SMILES string of the molecule is CCCCn1c(N2CCOCC2)c(C=C2SC(=S)N(Cc3ccc(OC)cc3)C2=O)c(C)c(C#N)c1=O. The highest BCUT2D eigenvalue weighted by Crippen LogP contribution is 2.37. The molecule has 1 aromatic heterocycles. The van der Waals surface area contributed by atoms with E-state index in [1.807, 2.05) is 24.3 Å². The number of methoxy groups -OCH3 is 1. The van der Waals surface area contributed by atoms with Gasteiger partial charge in [0.25, 0.3) is 11.5 Å². The van der Waals surface area contributed by atoms with Crippen molar-refractivity contribution < 1.29 is 14.3 Å². The van der Waals surface area contributed by atoms with Crippen molar-refractivity contribution in [3.05, 3.63) is 61.8 Å². The van der Waals surface area contributed by atoms with Crippen LogP contribution in [0.4, 0.5) is 5.82 Å². The minimum absolute atomic E-state index is 0.105. The van der Waals surface area contributed by atoms with Gasteiger partial charge in [-0.25, -0.2) is 0 Å². The number of hydrogen-bond acceptors (Lipinski definition) is 8. The fraction of sp³-hybridized carbons (Fsp3) is 0.407. The summed E-state index contributed by atoms with van der Waals surface area (Å²) in [6.07, 6.45) is 3.51. The summed E-state index contributed by atoms with van der Waals surface area (Å²) in [6.45, 7) is 7.02. The maximum absolute atomic E-state index is 13.5. The molecule has 3 heterocycles. The fourth-order valence-corrected chi connectivity index (χ4v) is 5.70. The fourth-order valence-electron chi connectivity index (χ4n) is 4.46. The van der Waals surface area contributed by atoms with Crippen molar-refractivity contribution in [3.63, 3.8) is 0 Å². The minimum atomic E-state index is -0.292. The van der Waals surface area contributed by atoms with E-state index in [1.54, 1.807) is 29.6 Å². The number of thiocarbonyl (C=S) groups is 1. The Balaban J connectivity index is 1.78. The van der Waals surface area contributed by atoms with Crippen molar-refractivity contribution >= 4 is 46.1 Å². The van der Waals surface area contributed by atoms with Gasteiger partial charge in [-0.2, -0.15) is 5.26 Å². The number of morpholine rings is 1. The second-order valence-electron chi connectivity index (χ2n) is 8.87. The Kier molecular flexibility index (Phi) is 8.69. The van der Waals surface area contributed by atoms with Crippen LogP contribution in [0.25, 0.3) is 6.08 Å². The molecule has 2 aromatic rings. The van der Waals surface area contributed by atoms with Gasteiger partial charge in [0.1, 0.15) is 27.5 Å². The van der Waals surface area contributed by atoms with Crippen LogP contribution >= 0.6 is 24.0 Å². The van der Waals surface area contributed by atoms with Gasteiger partial charge in [0.15, 0.2) is 0 Å². The highest BCUT2D eigenvalue weighted by atomic mass is 32.2. The van der Waals surface area contributed by atoms with Crippen molar-refractivity contribution in [2.75, 3.05) is 38.3 Å². The lowest BCUT2D eigenvalue weighted by Gasteiger charge is -2.33. The first-order valence-electron chi connectivity index (χ1n) is 12.3. The third-order valence-corrected chi connectivity index (χ3v) is 7.92. The van der Waals surface area contributed by atoms with E-state index < -0.39 is 0 Å². The molecule has 2 aliphatic heterocycles. The number of amides is 1. The molecule has 0 aliphatic carbocycles. The summed E-state index contributed by atoms with van der Waals surface area (Å²) < 4.78 is 12.9. The van der Waals surface area contributed by atoms with E-state index in [2.05, 4.69) is 17.9 Å². The third kappa shape index (κ3) is 5.59. The molecule has 37 heavy (non-hydrogen) atoms. The van der Waals surface area contributed by atoms with Gasteiger partial charge < -0.3 is 14.4 Å². The van der Waals surface area contributed by atoms with E-state index in [-0.39, 0.29) is 17.0 Å². The Morgan fingerprint density at radius 1 is 1.22 bits per heavy atom. The number of unbranched alkanes of at least 4 members (excludes halogenated alkanes) is 1. The van der Waals surface area contributed by atoms with Crippen LogP contribution in [0.5, 0.6) is 5.75 Å². The van der Waals surface area contributed by atoms with E-state index in [1.165, 1.54) is 11.8 Å². The number of carbonyl (C=O) groups is 1. The summed E-state index contributed by atoms with van der Waals surface area (Å²) >= 11 is 6.81. The number of ether oxygens (including phenoxy) is 2. The van der Waals surface area contributed by atoms with Gasteiger partial charge in [-0.05, 0) is 42.7 Å². The molecule has 0 unspecified atom stereocenters. The number of carbonyl (C=O) groups excluding carboxylic acids is 1. The Bertz CT molecular complexity index is 1320. The summed E-state index contributed by atoms with van der Waals surface area (Å²) in [6, 6.07) is 9.62. The van der Waals surface area contributed by atoms with E-state index in [0.717, 1.165) is 30.0 Å². The molecule has 194 valence electrons. The van der Waals surface area contributed by atoms with Gasteiger partial charge in [-0.3, -0.25) is 19.1 Å². The molecule has 0 N–H and O–H groups in total. The van der Waals surface area contributed by atoms with Gasteiger partial charge in [-0.15, -0.1) is 0 Å². The smallest absolute Gasteiger partial charge is 0.270 e.